The fraction of sp³-hybridized carbons (Fsp3) is 0.615. The van der Waals surface area contributed by atoms with Crippen LogP contribution < -0.4 is 0 Å². The molecule has 0 bridgehead atoms. The summed E-state index contributed by atoms with van der Waals surface area (Å²) in [7, 11) is 0. The molecule has 1 atom stereocenters. The Balaban J connectivity index is 2.08. The van der Waals surface area contributed by atoms with Crippen LogP contribution in [0.2, 0.25) is 0 Å². The Morgan fingerprint density at radius 3 is 2.67 bits per heavy atom. The molecular weight excluding hydrogens is 186 g/mol. The summed E-state index contributed by atoms with van der Waals surface area (Å²) in [5, 5.41) is 10.2. The van der Waals surface area contributed by atoms with Crippen molar-refractivity contribution < 1.29 is 5.11 Å². The van der Waals surface area contributed by atoms with Crippen LogP contribution in [0.1, 0.15) is 49.3 Å². The third-order valence-electron chi connectivity index (χ3n) is 3.33. The van der Waals surface area contributed by atoms with Crippen molar-refractivity contribution in [3.05, 3.63) is 29.6 Å². The molecule has 1 aliphatic carbocycles. The quantitative estimate of drug-likeness (QED) is 0.805. The van der Waals surface area contributed by atoms with E-state index in [0.29, 0.717) is 5.92 Å². The van der Waals surface area contributed by atoms with E-state index in [1.165, 1.54) is 19.3 Å². The minimum Gasteiger partial charge on any atom is -0.388 e. The molecule has 1 heterocycles. The Morgan fingerprint density at radius 1 is 1.27 bits per heavy atom. The number of rotatable bonds is 2. The van der Waals surface area contributed by atoms with E-state index in [4.69, 9.17) is 0 Å². The standard InChI is InChI=1S/C13H19NO/c1-10-7-12(9-14-8-10)13(15)11-5-3-2-4-6-11/h7-9,11,13,15H,2-6H2,1H3/t13-/m1/s1. The highest BCUT2D eigenvalue weighted by atomic mass is 16.3. The van der Waals surface area contributed by atoms with Gasteiger partial charge in [0.2, 0.25) is 0 Å². The second-order valence-corrected chi connectivity index (χ2v) is 4.64. The Hall–Kier alpha value is -0.890. The molecule has 0 unspecified atom stereocenters. The van der Waals surface area contributed by atoms with Crippen LogP contribution in [-0.2, 0) is 0 Å². The van der Waals surface area contributed by atoms with E-state index in [2.05, 4.69) is 4.98 Å². The number of aryl methyl sites for hydroxylation is 1. The molecule has 1 N–H and O–H groups in total. The van der Waals surface area contributed by atoms with Crippen molar-refractivity contribution >= 4 is 0 Å². The number of hydrogen-bond acceptors (Lipinski definition) is 2. The SMILES string of the molecule is Cc1cncc([C@H](O)C2CCCCC2)c1. The van der Waals surface area contributed by atoms with Crippen LogP contribution in [0.3, 0.4) is 0 Å². The summed E-state index contributed by atoms with van der Waals surface area (Å²) < 4.78 is 0. The van der Waals surface area contributed by atoms with Gasteiger partial charge in [0.1, 0.15) is 0 Å². The second kappa shape index (κ2) is 4.75. The Morgan fingerprint density at radius 2 is 2.00 bits per heavy atom. The van der Waals surface area contributed by atoms with Crippen LogP contribution in [-0.4, -0.2) is 10.1 Å². The molecule has 1 aliphatic rings. The molecule has 0 aromatic carbocycles. The fourth-order valence-electron chi connectivity index (χ4n) is 2.46. The summed E-state index contributed by atoms with van der Waals surface area (Å²) in [6, 6.07) is 2.05. The minimum absolute atomic E-state index is 0.308. The van der Waals surface area contributed by atoms with Crippen molar-refractivity contribution in [2.75, 3.05) is 0 Å². The average Bonchev–Trinajstić information content (AvgIpc) is 2.29. The molecule has 1 fully saturated rings. The summed E-state index contributed by atoms with van der Waals surface area (Å²) in [5.74, 6) is 0.447. The number of pyridine rings is 1. The van der Waals surface area contributed by atoms with Gasteiger partial charge in [-0.1, -0.05) is 25.3 Å². The van der Waals surface area contributed by atoms with Gasteiger partial charge in [-0.3, -0.25) is 4.98 Å². The average molecular weight is 205 g/mol. The zero-order valence-electron chi connectivity index (χ0n) is 9.32. The maximum absolute atomic E-state index is 10.2. The Bertz CT molecular complexity index is 318. The number of aliphatic hydroxyl groups is 1. The molecule has 2 heteroatoms. The summed E-state index contributed by atoms with van der Waals surface area (Å²) >= 11 is 0. The van der Waals surface area contributed by atoms with Crippen LogP contribution in [0, 0.1) is 12.8 Å². The lowest BCUT2D eigenvalue weighted by molar-refractivity contribution is 0.0845. The highest BCUT2D eigenvalue weighted by Gasteiger charge is 2.23. The van der Waals surface area contributed by atoms with Gasteiger partial charge in [0.05, 0.1) is 6.10 Å². The summed E-state index contributed by atoms with van der Waals surface area (Å²) in [5.41, 5.74) is 2.12. The molecular formula is C13H19NO. The summed E-state index contributed by atoms with van der Waals surface area (Å²) in [6.45, 7) is 2.02. The van der Waals surface area contributed by atoms with E-state index >= 15 is 0 Å². The lowest BCUT2D eigenvalue weighted by Crippen LogP contribution is -2.16. The van der Waals surface area contributed by atoms with Crippen LogP contribution in [0.25, 0.3) is 0 Å². The van der Waals surface area contributed by atoms with E-state index in [1.807, 2.05) is 19.2 Å². The van der Waals surface area contributed by atoms with Crippen molar-refractivity contribution in [2.45, 2.75) is 45.1 Å². The van der Waals surface area contributed by atoms with Gasteiger partial charge < -0.3 is 5.11 Å². The summed E-state index contributed by atoms with van der Waals surface area (Å²) in [6.07, 6.45) is 9.50. The first-order chi connectivity index (χ1) is 7.27. The van der Waals surface area contributed by atoms with Gasteiger partial charge in [-0.05, 0) is 36.8 Å². The van der Waals surface area contributed by atoms with Crippen LogP contribution in [0.4, 0.5) is 0 Å². The number of hydrogen-bond donors (Lipinski definition) is 1. The largest absolute Gasteiger partial charge is 0.388 e. The van der Waals surface area contributed by atoms with Crippen LogP contribution in [0.5, 0.6) is 0 Å². The molecule has 0 amide bonds. The zero-order chi connectivity index (χ0) is 10.7. The van der Waals surface area contributed by atoms with Gasteiger partial charge in [-0.15, -0.1) is 0 Å². The normalized spacial score (nSPS) is 20.1. The van der Waals surface area contributed by atoms with E-state index in [0.717, 1.165) is 24.0 Å². The van der Waals surface area contributed by atoms with Gasteiger partial charge in [-0.25, -0.2) is 0 Å². The molecule has 0 radical (unpaired) electrons. The van der Waals surface area contributed by atoms with Crippen molar-refractivity contribution in [3.63, 3.8) is 0 Å². The number of aromatic nitrogens is 1. The highest BCUT2D eigenvalue weighted by Crippen LogP contribution is 2.34. The predicted octanol–water partition coefficient (Wildman–Crippen LogP) is 3.00. The Labute approximate surface area is 91.4 Å². The molecule has 0 saturated heterocycles. The Kier molecular flexibility index (Phi) is 3.37. The van der Waals surface area contributed by atoms with Gasteiger partial charge in [0, 0.05) is 12.4 Å². The number of nitrogens with zero attached hydrogens (tertiary/aromatic N) is 1. The second-order valence-electron chi connectivity index (χ2n) is 4.64. The molecule has 0 aliphatic heterocycles. The smallest absolute Gasteiger partial charge is 0.0833 e. The molecule has 2 rings (SSSR count). The maximum atomic E-state index is 10.2. The lowest BCUT2D eigenvalue weighted by atomic mass is 9.83. The topological polar surface area (TPSA) is 33.1 Å². The van der Waals surface area contributed by atoms with Crippen molar-refractivity contribution in [2.24, 2.45) is 5.92 Å². The fourth-order valence-corrected chi connectivity index (χ4v) is 2.46. The van der Waals surface area contributed by atoms with Crippen molar-refractivity contribution in [3.8, 4) is 0 Å². The van der Waals surface area contributed by atoms with Gasteiger partial charge in [0.25, 0.3) is 0 Å². The molecule has 0 spiro atoms. The van der Waals surface area contributed by atoms with Gasteiger partial charge >= 0.3 is 0 Å². The van der Waals surface area contributed by atoms with E-state index in [9.17, 15) is 5.11 Å². The molecule has 2 nitrogen and oxygen atoms in total. The summed E-state index contributed by atoms with van der Waals surface area (Å²) in [4.78, 5) is 4.14. The molecule has 82 valence electrons. The van der Waals surface area contributed by atoms with Crippen LogP contribution in [0.15, 0.2) is 18.5 Å². The van der Waals surface area contributed by atoms with Gasteiger partial charge in [-0.2, -0.15) is 0 Å². The lowest BCUT2D eigenvalue weighted by Gasteiger charge is -2.26. The first-order valence-electron chi connectivity index (χ1n) is 5.87. The monoisotopic (exact) mass is 205 g/mol. The maximum Gasteiger partial charge on any atom is 0.0833 e. The third-order valence-corrected chi connectivity index (χ3v) is 3.33. The third kappa shape index (κ3) is 2.57. The predicted molar refractivity (Wildman–Crippen MR) is 60.5 cm³/mol. The molecule has 15 heavy (non-hydrogen) atoms. The first kappa shape index (κ1) is 10.6. The highest BCUT2D eigenvalue weighted by molar-refractivity contribution is 5.19. The van der Waals surface area contributed by atoms with E-state index in [1.54, 1.807) is 6.20 Å². The van der Waals surface area contributed by atoms with Crippen LogP contribution >= 0.6 is 0 Å². The van der Waals surface area contributed by atoms with Crippen molar-refractivity contribution in [1.82, 2.24) is 4.98 Å². The van der Waals surface area contributed by atoms with E-state index in [-0.39, 0.29) is 6.10 Å². The van der Waals surface area contributed by atoms with Gasteiger partial charge in [0.15, 0.2) is 0 Å². The van der Waals surface area contributed by atoms with Crippen molar-refractivity contribution in [1.29, 1.82) is 0 Å². The minimum atomic E-state index is -0.308. The first-order valence-corrected chi connectivity index (χ1v) is 5.87. The number of aliphatic hydroxyl groups excluding tert-OH is 1. The molecule has 1 aromatic rings. The molecule has 1 saturated carbocycles. The molecule has 1 aromatic heterocycles. The zero-order valence-corrected chi connectivity index (χ0v) is 9.32. The van der Waals surface area contributed by atoms with E-state index < -0.39 is 0 Å².